The third-order valence-corrected chi connectivity index (χ3v) is 7.11. The van der Waals surface area contributed by atoms with Gasteiger partial charge in [0.1, 0.15) is 12.9 Å². The van der Waals surface area contributed by atoms with Crippen molar-refractivity contribution in [2.45, 2.75) is 4.90 Å². The predicted molar refractivity (Wildman–Crippen MR) is 144 cm³/mol. The smallest absolute Gasteiger partial charge is 0.263 e. The van der Waals surface area contributed by atoms with Crippen molar-refractivity contribution in [3.63, 3.8) is 0 Å². The topological polar surface area (TPSA) is 168 Å². The number of ether oxygens (including phenoxy) is 6. The summed E-state index contributed by atoms with van der Waals surface area (Å²) in [4.78, 5) is 22.0. The molecule has 0 bridgehead atoms. The molecule has 1 amide bonds. The van der Waals surface area contributed by atoms with Gasteiger partial charge >= 0.3 is 0 Å². The number of aliphatic hydroxyl groups excluding tert-OH is 1. The van der Waals surface area contributed by atoms with Crippen LogP contribution in [0.3, 0.4) is 0 Å². The van der Waals surface area contributed by atoms with Gasteiger partial charge < -0.3 is 38.4 Å². The first-order valence-corrected chi connectivity index (χ1v) is 13.9. The molecule has 3 aromatic rings. The maximum atomic E-state index is 13.5. The number of sulfonamides is 1. The lowest BCUT2D eigenvalue weighted by atomic mass is 10.3. The van der Waals surface area contributed by atoms with E-state index in [1.165, 1.54) is 32.4 Å². The van der Waals surface area contributed by atoms with E-state index in [2.05, 4.69) is 14.7 Å². The van der Waals surface area contributed by atoms with Gasteiger partial charge in [-0.25, -0.2) is 13.4 Å². The minimum Gasteiger partial charge on any atom is -0.493 e. The van der Waals surface area contributed by atoms with E-state index in [1.54, 1.807) is 29.2 Å². The Balaban J connectivity index is 1.61. The summed E-state index contributed by atoms with van der Waals surface area (Å²) >= 11 is 0. The number of carbonyl (C=O) groups is 1. The number of methoxy groups -OCH3 is 2. The number of aromatic nitrogens is 2. The fraction of sp³-hybridized carbons (Fsp3) is 0.346. The lowest BCUT2D eigenvalue weighted by Crippen LogP contribution is -2.43. The third kappa shape index (κ3) is 7.45. The quantitative estimate of drug-likeness (QED) is 0.296. The summed E-state index contributed by atoms with van der Waals surface area (Å²) in [6.07, 6.45) is 1.08. The number of nitrogens with zero attached hydrogens (tertiary/aromatic N) is 3. The molecule has 41 heavy (non-hydrogen) atoms. The number of carbonyl (C=O) groups excluding carboxylic acids is 1. The second-order valence-electron chi connectivity index (χ2n) is 8.38. The van der Waals surface area contributed by atoms with Gasteiger partial charge in [-0.2, -0.15) is 4.98 Å². The molecule has 0 spiro atoms. The summed E-state index contributed by atoms with van der Waals surface area (Å²) in [6.45, 7) is 0.997. The molecule has 0 unspecified atom stereocenters. The van der Waals surface area contributed by atoms with Crippen LogP contribution in [0.4, 0.5) is 5.82 Å². The Morgan fingerprint density at radius 2 is 1.71 bits per heavy atom. The Morgan fingerprint density at radius 3 is 2.41 bits per heavy atom. The van der Waals surface area contributed by atoms with Crippen LogP contribution in [0.15, 0.2) is 53.7 Å². The number of amides is 1. The normalized spacial score (nSPS) is 13.3. The van der Waals surface area contributed by atoms with Crippen molar-refractivity contribution in [2.75, 3.05) is 65.1 Å². The molecule has 0 saturated carbocycles. The van der Waals surface area contributed by atoms with Crippen LogP contribution in [0.2, 0.25) is 0 Å². The molecule has 1 aliphatic rings. The number of hydrogen-bond acceptors (Lipinski definition) is 12. The molecule has 1 aliphatic heterocycles. The van der Waals surface area contributed by atoms with E-state index in [4.69, 9.17) is 28.4 Å². The Bertz CT molecular complexity index is 1450. The van der Waals surface area contributed by atoms with Gasteiger partial charge in [-0.3, -0.25) is 9.52 Å². The van der Waals surface area contributed by atoms with Crippen LogP contribution < -0.4 is 28.4 Å². The first-order valence-electron chi connectivity index (χ1n) is 12.4. The van der Waals surface area contributed by atoms with E-state index in [1.807, 2.05) is 0 Å². The summed E-state index contributed by atoms with van der Waals surface area (Å²) < 4.78 is 62.3. The minimum atomic E-state index is -4.29. The standard InChI is InChI=1S/C26H30N4O10S/c1-35-19-5-3-4-6-21(19)40-24-25(27-17-28-26(24)38-14-11-31)29-41(33,34)18-7-8-20(36-2)22(15-18)39-16-23(32)30-9-12-37-13-10-30/h3-8,15,17,31H,9-14,16H2,1-2H3,(H,27,28,29). The number of rotatable bonds is 13. The van der Waals surface area contributed by atoms with Crippen LogP contribution in [-0.2, 0) is 19.6 Å². The summed E-state index contributed by atoms with van der Waals surface area (Å²) in [5, 5.41) is 9.22. The summed E-state index contributed by atoms with van der Waals surface area (Å²) in [7, 11) is -1.44. The average Bonchev–Trinajstić information content (AvgIpc) is 3.00. The van der Waals surface area contributed by atoms with Gasteiger partial charge in [-0.05, 0) is 24.3 Å². The van der Waals surface area contributed by atoms with Crippen LogP contribution in [0.5, 0.6) is 34.6 Å². The molecule has 2 N–H and O–H groups in total. The number of morpholine rings is 1. The molecule has 0 aliphatic carbocycles. The van der Waals surface area contributed by atoms with Crippen molar-refractivity contribution < 1.29 is 46.7 Å². The van der Waals surface area contributed by atoms with Crippen molar-refractivity contribution in [2.24, 2.45) is 0 Å². The van der Waals surface area contributed by atoms with Crippen LogP contribution >= 0.6 is 0 Å². The Hall–Kier alpha value is -4.34. The number of hydrogen-bond donors (Lipinski definition) is 2. The molecule has 0 radical (unpaired) electrons. The summed E-state index contributed by atoms with van der Waals surface area (Å²) in [5.74, 6) is 0.118. The zero-order valence-electron chi connectivity index (χ0n) is 22.4. The highest BCUT2D eigenvalue weighted by Gasteiger charge is 2.25. The Kier molecular flexibility index (Phi) is 10.00. The zero-order chi connectivity index (χ0) is 29.2. The number of benzene rings is 2. The van der Waals surface area contributed by atoms with Crippen LogP contribution in [0.1, 0.15) is 0 Å². The largest absolute Gasteiger partial charge is 0.493 e. The van der Waals surface area contributed by atoms with E-state index in [9.17, 15) is 18.3 Å². The number of aliphatic hydroxyl groups is 1. The van der Waals surface area contributed by atoms with Gasteiger partial charge in [0.05, 0.1) is 38.9 Å². The first-order chi connectivity index (χ1) is 19.9. The molecule has 220 valence electrons. The lowest BCUT2D eigenvalue weighted by molar-refractivity contribution is -0.137. The maximum Gasteiger partial charge on any atom is 0.263 e. The van der Waals surface area contributed by atoms with Gasteiger partial charge in [-0.15, -0.1) is 0 Å². The minimum absolute atomic E-state index is 0.0529. The Labute approximate surface area is 236 Å². The summed E-state index contributed by atoms with van der Waals surface area (Å²) in [5.41, 5.74) is 0. The van der Waals surface area contributed by atoms with Crippen molar-refractivity contribution in [1.29, 1.82) is 0 Å². The van der Waals surface area contributed by atoms with E-state index < -0.39 is 10.0 Å². The molecule has 1 saturated heterocycles. The van der Waals surface area contributed by atoms with Crippen LogP contribution in [0, 0.1) is 0 Å². The molecule has 14 nitrogen and oxygen atoms in total. The Morgan fingerprint density at radius 1 is 1.00 bits per heavy atom. The van der Waals surface area contributed by atoms with Crippen molar-refractivity contribution in [1.82, 2.24) is 14.9 Å². The molecule has 1 aromatic heterocycles. The van der Waals surface area contributed by atoms with Gasteiger partial charge in [0, 0.05) is 19.2 Å². The predicted octanol–water partition coefficient (Wildman–Crippen LogP) is 1.70. The van der Waals surface area contributed by atoms with Gasteiger partial charge in [-0.1, -0.05) is 12.1 Å². The number of para-hydroxylation sites is 2. The zero-order valence-corrected chi connectivity index (χ0v) is 23.3. The molecule has 2 heterocycles. The molecule has 15 heteroatoms. The third-order valence-electron chi connectivity index (χ3n) is 5.77. The molecule has 4 rings (SSSR count). The average molecular weight is 591 g/mol. The number of anilines is 1. The highest BCUT2D eigenvalue weighted by Crippen LogP contribution is 2.40. The van der Waals surface area contributed by atoms with Crippen molar-refractivity contribution >= 4 is 21.7 Å². The molecule has 0 atom stereocenters. The first kappa shape index (κ1) is 29.6. The van der Waals surface area contributed by atoms with Gasteiger partial charge in [0.25, 0.3) is 21.8 Å². The summed E-state index contributed by atoms with van der Waals surface area (Å²) in [6, 6.07) is 10.6. The van der Waals surface area contributed by atoms with E-state index >= 15 is 0 Å². The van der Waals surface area contributed by atoms with Crippen LogP contribution in [0.25, 0.3) is 0 Å². The fourth-order valence-electron chi connectivity index (χ4n) is 3.75. The number of nitrogens with one attached hydrogen (secondary N) is 1. The van der Waals surface area contributed by atoms with Gasteiger partial charge in [0.15, 0.2) is 35.4 Å². The van der Waals surface area contributed by atoms with Crippen molar-refractivity contribution in [3.05, 3.63) is 48.8 Å². The fourth-order valence-corrected chi connectivity index (χ4v) is 4.77. The van der Waals surface area contributed by atoms with E-state index in [0.29, 0.717) is 32.1 Å². The SMILES string of the molecule is COc1ccc(S(=O)(=O)Nc2ncnc(OCCO)c2Oc2ccccc2OC)cc1OCC(=O)N1CCOCC1. The van der Waals surface area contributed by atoms with E-state index in [-0.39, 0.29) is 65.3 Å². The van der Waals surface area contributed by atoms with E-state index in [0.717, 1.165) is 6.33 Å². The lowest BCUT2D eigenvalue weighted by Gasteiger charge is -2.26. The molecule has 1 fully saturated rings. The highest BCUT2D eigenvalue weighted by molar-refractivity contribution is 7.92. The molecular weight excluding hydrogens is 560 g/mol. The molecular formula is C26H30N4O10S. The van der Waals surface area contributed by atoms with Gasteiger partial charge in [0.2, 0.25) is 5.75 Å². The maximum absolute atomic E-state index is 13.5. The van der Waals surface area contributed by atoms with Crippen molar-refractivity contribution in [3.8, 4) is 34.6 Å². The second-order valence-corrected chi connectivity index (χ2v) is 10.1. The molecule has 2 aromatic carbocycles. The van der Waals surface area contributed by atoms with Crippen LogP contribution in [-0.4, -0.2) is 94.6 Å². The second kappa shape index (κ2) is 13.8. The highest BCUT2D eigenvalue weighted by atomic mass is 32.2. The monoisotopic (exact) mass is 590 g/mol.